The number of rotatable bonds is 4. The van der Waals surface area contributed by atoms with Crippen molar-refractivity contribution in [1.29, 1.82) is 0 Å². The average Bonchev–Trinajstić information content (AvgIpc) is 2.79. The van der Waals surface area contributed by atoms with Crippen LogP contribution in [0.15, 0.2) is 22.9 Å². The van der Waals surface area contributed by atoms with Crippen LogP contribution in [0.5, 0.6) is 0 Å². The summed E-state index contributed by atoms with van der Waals surface area (Å²) < 4.78 is 37.7. The Balaban J connectivity index is 2.11. The molecular formula is C12H11ClF3N3S. The fourth-order valence-electron chi connectivity index (χ4n) is 1.68. The van der Waals surface area contributed by atoms with Crippen LogP contribution >= 0.6 is 22.9 Å². The minimum atomic E-state index is -4.61. The molecule has 0 radical (unpaired) electrons. The standard InChI is InChI=1S/C12H11ClF3N3S/c1-7(4-8-2-3-20-6-8)17-10-5-9(13)18-11(19-10)12(14,15)16/h2-3,5-7H,4H2,1H3,(H,17,18,19). The quantitative estimate of drug-likeness (QED) is 0.855. The number of halogens is 4. The lowest BCUT2D eigenvalue weighted by Crippen LogP contribution is -2.20. The number of nitrogens with zero attached hydrogens (tertiary/aromatic N) is 2. The van der Waals surface area contributed by atoms with Gasteiger partial charge in [0.25, 0.3) is 0 Å². The fraction of sp³-hybridized carbons (Fsp3) is 0.333. The summed E-state index contributed by atoms with van der Waals surface area (Å²) in [4.78, 5) is 6.62. The van der Waals surface area contributed by atoms with Gasteiger partial charge in [-0.1, -0.05) is 11.6 Å². The van der Waals surface area contributed by atoms with Crippen LogP contribution in [0, 0.1) is 0 Å². The third-order valence-corrected chi connectivity index (χ3v) is 3.39. The van der Waals surface area contributed by atoms with Crippen molar-refractivity contribution >= 4 is 28.8 Å². The second kappa shape index (κ2) is 5.97. The summed E-state index contributed by atoms with van der Waals surface area (Å²) in [6.45, 7) is 1.86. The molecule has 0 aromatic carbocycles. The molecular weight excluding hydrogens is 311 g/mol. The van der Waals surface area contributed by atoms with Gasteiger partial charge in [-0.15, -0.1) is 0 Å². The van der Waals surface area contributed by atoms with E-state index >= 15 is 0 Å². The number of nitrogens with one attached hydrogen (secondary N) is 1. The highest BCUT2D eigenvalue weighted by Crippen LogP contribution is 2.28. The highest BCUT2D eigenvalue weighted by molar-refractivity contribution is 7.07. The Morgan fingerprint density at radius 3 is 2.75 bits per heavy atom. The second-order valence-electron chi connectivity index (χ2n) is 4.28. The first kappa shape index (κ1) is 15.1. The molecule has 2 rings (SSSR count). The average molecular weight is 322 g/mol. The maximum Gasteiger partial charge on any atom is 0.451 e. The third kappa shape index (κ3) is 4.08. The van der Waals surface area contributed by atoms with E-state index in [-0.39, 0.29) is 17.0 Å². The summed E-state index contributed by atoms with van der Waals surface area (Å²) in [6, 6.07) is 3.18. The maximum absolute atomic E-state index is 12.6. The van der Waals surface area contributed by atoms with Crippen molar-refractivity contribution in [2.45, 2.75) is 25.6 Å². The predicted octanol–water partition coefficient (Wildman–Crippen LogP) is 4.25. The van der Waals surface area contributed by atoms with E-state index in [1.54, 1.807) is 11.3 Å². The largest absolute Gasteiger partial charge is 0.451 e. The van der Waals surface area contributed by atoms with E-state index < -0.39 is 12.0 Å². The van der Waals surface area contributed by atoms with Gasteiger partial charge in [0, 0.05) is 12.1 Å². The maximum atomic E-state index is 12.6. The van der Waals surface area contributed by atoms with Crippen LogP contribution in [0.4, 0.5) is 19.0 Å². The molecule has 0 aliphatic carbocycles. The van der Waals surface area contributed by atoms with Gasteiger partial charge in [0.2, 0.25) is 5.82 Å². The molecule has 0 spiro atoms. The van der Waals surface area contributed by atoms with E-state index in [1.165, 1.54) is 6.07 Å². The van der Waals surface area contributed by atoms with Crippen molar-refractivity contribution in [2.75, 3.05) is 5.32 Å². The number of anilines is 1. The Labute approximate surface area is 122 Å². The normalized spacial score (nSPS) is 13.2. The van der Waals surface area contributed by atoms with Crippen LogP contribution in [-0.2, 0) is 12.6 Å². The van der Waals surface area contributed by atoms with Gasteiger partial charge in [-0.2, -0.15) is 24.5 Å². The molecule has 0 aliphatic heterocycles. The number of alkyl halides is 3. The van der Waals surface area contributed by atoms with Crippen LogP contribution in [0.25, 0.3) is 0 Å². The summed E-state index contributed by atoms with van der Waals surface area (Å²) in [5.74, 6) is -1.17. The summed E-state index contributed by atoms with van der Waals surface area (Å²) in [7, 11) is 0. The fourth-order valence-corrected chi connectivity index (χ4v) is 2.55. The highest BCUT2D eigenvalue weighted by Gasteiger charge is 2.35. The van der Waals surface area contributed by atoms with Crippen LogP contribution in [0.1, 0.15) is 18.3 Å². The first-order valence-electron chi connectivity index (χ1n) is 5.74. The Hall–Kier alpha value is -1.34. The van der Waals surface area contributed by atoms with Crippen LogP contribution in [0.3, 0.4) is 0 Å². The summed E-state index contributed by atoms with van der Waals surface area (Å²) >= 11 is 7.17. The molecule has 2 aromatic rings. The topological polar surface area (TPSA) is 37.8 Å². The molecule has 0 saturated carbocycles. The van der Waals surface area contributed by atoms with Crippen molar-refractivity contribution in [1.82, 2.24) is 9.97 Å². The lowest BCUT2D eigenvalue weighted by molar-refractivity contribution is -0.144. The smallest absolute Gasteiger partial charge is 0.367 e. The molecule has 8 heteroatoms. The van der Waals surface area contributed by atoms with E-state index in [9.17, 15) is 13.2 Å². The van der Waals surface area contributed by atoms with Gasteiger partial charge in [-0.25, -0.2) is 9.97 Å². The monoisotopic (exact) mass is 321 g/mol. The zero-order chi connectivity index (χ0) is 14.8. The molecule has 0 amide bonds. The molecule has 1 N–H and O–H groups in total. The van der Waals surface area contributed by atoms with Crippen molar-refractivity contribution < 1.29 is 13.2 Å². The van der Waals surface area contributed by atoms with E-state index in [0.29, 0.717) is 6.42 Å². The van der Waals surface area contributed by atoms with Crippen molar-refractivity contribution in [3.63, 3.8) is 0 Å². The van der Waals surface area contributed by atoms with Crippen molar-refractivity contribution in [3.05, 3.63) is 39.4 Å². The molecule has 0 aliphatic rings. The van der Waals surface area contributed by atoms with Crippen molar-refractivity contribution in [2.24, 2.45) is 0 Å². The van der Waals surface area contributed by atoms with E-state index in [2.05, 4.69) is 15.3 Å². The molecule has 0 fully saturated rings. The van der Waals surface area contributed by atoms with Gasteiger partial charge >= 0.3 is 6.18 Å². The number of hydrogen-bond donors (Lipinski definition) is 1. The predicted molar refractivity (Wildman–Crippen MR) is 73.2 cm³/mol. The number of aromatic nitrogens is 2. The lowest BCUT2D eigenvalue weighted by Gasteiger charge is -2.15. The molecule has 2 aromatic heterocycles. The number of thiophene rings is 1. The Morgan fingerprint density at radius 2 is 2.15 bits per heavy atom. The minimum absolute atomic E-state index is 0.0695. The molecule has 0 bridgehead atoms. The first-order valence-corrected chi connectivity index (χ1v) is 7.06. The van der Waals surface area contributed by atoms with Crippen LogP contribution < -0.4 is 5.32 Å². The second-order valence-corrected chi connectivity index (χ2v) is 5.45. The molecule has 0 saturated heterocycles. The molecule has 20 heavy (non-hydrogen) atoms. The van der Waals surface area contributed by atoms with Gasteiger partial charge in [-0.05, 0) is 35.7 Å². The zero-order valence-corrected chi connectivity index (χ0v) is 12.0. The molecule has 1 unspecified atom stereocenters. The van der Waals surface area contributed by atoms with Gasteiger partial charge < -0.3 is 5.32 Å². The van der Waals surface area contributed by atoms with Gasteiger partial charge in [-0.3, -0.25) is 0 Å². The molecule has 108 valence electrons. The van der Waals surface area contributed by atoms with Crippen LogP contribution in [0.2, 0.25) is 5.15 Å². The lowest BCUT2D eigenvalue weighted by atomic mass is 10.1. The Morgan fingerprint density at radius 1 is 1.40 bits per heavy atom. The summed E-state index contributed by atoms with van der Waals surface area (Å²) in [5, 5.41) is 6.61. The SMILES string of the molecule is CC(Cc1ccsc1)Nc1cc(Cl)nc(C(F)(F)F)n1. The highest BCUT2D eigenvalue weighted by atomic mass is 35.5. The molecule has 2 heterocycles. The summed E-state index contributed by atoms with van der Waals surface area (Å²) in [5.41, 5.74) is 1.12. The van der Waals surface area contributed by atoms with Gasteiger partial charge in [0.15, 0.2) is 0 Å². The number of hydrogen-bond acceptors (Lipinski definition) is 4. The molecule has 3 nitrogen and oxygen atoms in total. The summed E-state index contributed by atoms with van der Waals surface area (Å²) in [6.07, 6.45) is -3.93. The third-order valence-electron chi connectivity index (χ3n) is 2.46. The minimum Gasteiger partial charge on any atom is -0.367 e. The first-order chi connectivity index (χ1) is 9.34. The van der Waals surface area contributed by atoms with E-state index in [1.807, 2.05) is 23.8 Å². The van der Waals surface area contributed by atoms with Gasteiger partial charge in [0.05, 0.1) is 0 Å². The zero-order valence-electron chi connectivity index (χ0n) is 10.4. The molecule has 1 atom stereocenters. The van der Waals surface area contributed by atoms with Gasteiger partial charge in [0.1, 0.15) is 11.0 Å². The van der Waals surface area contributed by atoms with Crippen molar-refractivity contribution in [3.8, 4) is 0 Å². The Kier molecular flexibility index (Phi) is 4.49. The van der Waals surface area contributed by atoms with E-state index in [0.717, 1.165) is 5.56 Å². The Bertz CT molecular complexity index is 572. The van der Waals surface area contributed by atoms with Crippen LogP contribution in [-0.4, -0.2) is 16.0 Å². The van der Waals surface area contributed by atoms with E-state index in [4.69, 9.17) is 11.6 Å².